The molecule has 0 radical (unpaired) electrons. The van der Waals surface area contributed by atoms with E-state index in [0.717, 1.165) is 16.5 Å². The molecular formula is C28H31N3O6S. The molecule has 1 amide bonds. The first kappa shape index (κ1) is 27.1. The molecule has 200 valence electrons. The van der Waals surface area contributed by atoms with Gasteiger partial charge in [-0.05, 0) is 75.1 Å². The van der Waals surface area contributed by atoms with E-state index in [1.165, 1.54) is 11.8 Å². The molecule has 0 saturated carbocycles. The third-order valence-corrected chi connectivity index (χ3v) is 6.48. The summed E-state index contributed by atoms with van der Waals surface area (Å²) in [6.45, 7) is 8.40. The number of anilines is 1. The van der Waals surface area contributed by atoms with Crippen molar-refractivity contribution < 1.29 is 28.5 Å². The largest absolute Gasteiger partial charge is 0.494 e. The molecule has 2 aromatic rings. The Hall–Kier alpha value is -3.92. The van der Waals surface area contributed by atoms with Gasteiger partial charge in [0.25, 0.3) is 5.91 Å². The number of nitrogens with one attached hydrogen (secondary N) is 1. The Bertz CT molecular complexity index is 1270. The molecule has 38 heavy (non-hydrogen) atoms. The number of hydrogen-bond donors (Lipinski definition) is 1. The molecule has 0 aliphatic carbocycles. The van der Waals surface area contributed by atoms with E-state index in [4.69, 9.17) is 18.9 Å². The number of aliphatic imine (C=N–C) groups is 1. The maximum atomic E-state index is 12.9. The Morgan fingerprint density at radius 1 is 0.974 bits per heavy atom. The molecule has 10 heteroatoms. The van der Waals surface area contributed by atoms with Crippen LogP contribution in [-0.2, 0) is 14.3 Å². The van der Waals surface area contributed by atoms with E-state index < -0.39 is 12.0 Å². The standard InChI is InChI=1S/C28H31N3O6S/c1-5-34-21-11-9-20(10-12-21)30-24(32)17-37-22-13-8-19(16-23(22)35-6-2)26-25(27(33)36-7-3)18(4)29-28-31(26)14-15-38-28/h8-16,26H,5-7,17H2,1-4H3,(H,30,32)/t26-/m0/s1. The van der Waals surface area contributed by atoms with Crippen molar-refractivity contribution >= 4 is 34.5 Å². The van der Waals surface area contributed by atoms with Crippen LogP contribution in [0.3, 0.4) is 0 Å². The van der Waals surface area contributed by atoms with Crippen molar-refractivity contribution in [2.45, 2.75) is 33.7 Å². The molecule has 0 aromatic heterocycles. The van der Waals surface area contributed by atoms with Crippen LogP contribution < -0.4 is 19.5 Å². The van der Waals surface area contributed by atoms with Crippen LogP contribution in [0, 0.1) is 0 Å². The fraction of sp³-hybridized carbons (Fsp3) is 0.321. The van der Waals surface area contributed by atoms with Crippen molar-refractivity contribution in [1.82, 2.24) is 4.90 Å². The van der Waals surface area contributed by atoms with Crippen LogP contribution in [0.5, 0.6) is 17.2 Å². The van der Waals surface area contributed by atoms with E-state index in [1.807, 2.05) is 49.4 Å². The van der Waals surface area contributed by atoms with Crippen molar-refractivity contribution in [3.8, 4) is 17.2 Å². The lowest BCUT2D eigenvalue weighted by atomic mass is 9.94. The summed E-state index contributed by atoms with van der Waals surface area (Å²) in [5.41, 5.74) is 2.53. The molecule has 0 fully saturated rings. The second-order valence-electron chi connectivity index (χ2n) is 8.26. The molecule has 9 nitrogen and oxygen atoms in total. The van der Waals surface area contributed by atoms with Gasteiger partial charge in [0.05, 0.1) is 37.1 Å². The normalized spacial score (nSPS) is 16.1. The van der Waals surface area contributed by atoms with E-state index in [9.17, 15) is 9.59 Å². The monoisotopic (exact) mass is 537 g/mol. The van der Waals surface area contributed by atoms with Crippen LogP contribution in [0.1, 0.15) is 39.3 Å². The van der Waals surface area contributed by atoms with Crippen molar-refractivity contribution in [3.05, 3.63) is 70.9 Å². The molecule has 1 N–H and O–H groups in total. The highest BCUT2D eigenvalue weighted by Gasteiger charge is 2.37. The van der Waals surface area contributed by atoms with Gasteiger partial charge in [-0.15, -0.1) is 0 Å². The first-order chi connectivity index (χ1) is 18.4. The molecule has 0 bridgehead atoms. The molecule has 2 aliphatic rings. The predicted molar refractivity (Wildman–Crippen MR) is 147 cm³/mol. The van der Waals surface area contributed by atoms with Crippen molar-refractivity contribution in [1.29, 1.82) is 0 Å². The quantitative estimate of drug-likeness (QED) is 0.387. The highest BCUT2D eigenvalue weighted by atomic mass is 32.2. The van der Waals surface area contributed by atoms with E-state index in [-0.39, 0.29) is 19.1 Å². The molecule has 2 aromatic carbocycles. The molecule has 0 spiro atoms. The van der Waals surface area contributed by atoms with Gasteiger partial charge in [-0.1, -0.05) is 17.8 Å². The second kappa shape index (κ2) is 12.6. The van der Waals surface area contributed by atoms with Crippen LogP contribution in [0.2, 0.25) is 0 Å². The maximum absolute atomic E-state index is 12.9. The van der Waals surface area contributed by atoms with Gasteiger partial charge in [0.15, 0.2) is 23.3 Å². The summed E-state index contributed by atoms with van der Waals surface area (Å²) in [4.78, 5) is 32.0. The lowest BCUT2D eigenvalue weighted by Gasteiger charge is -2.33. The van der Waals surface area contributed by atoms with Crippen molar-refractivity contribution in [2.24, 2.45) is 4.99 Å². The zero-order valence-electron chi connectivity index (χ0n) is 21.9. The number of amidine groups is 1. The molecule has 0 unspecified atom stereocenters. The first-order valence-electron chi connectivity index (χ1n) is 12.5. The number of allylic oxidation sites excluding steroid dienone is 1. The molecule has 2 aliphatic heterocycles. The fourth-order valence-corrected chi connectivity index (χ4v) is 4.91. The Morgan fingerprint density at radius 3 is 2.45 bits per heavy atom. The molecule has 4 rings (SSSR count). The second-order valence-corrected chi connectivity index (χ2v) is 9.13. The highest BCUT2D eigenvalue weighted by Crippen LogP contribution is 2.43. The van der Waals surface area contributed by atoms with E-state index in [0.29, 0.717) is 41.7 Å². The van der Waals surface area contributed by atoms with Gasteiger partial charge in [-0.3, -0.25) is 4.79 Å². The minimum absolute atomic E-state index is 0.203. The van der Waals surface area contributed by atoms with Crippen molar-refractivity contribution in [3.63, 3.8) is 0 Å². The number of carbonyl (C=O) groups is 2. The molecule has 1 atom stereocenters. The SMILES string of the molecule is CCOC(=O)C1=C(C)N=C2SC=CN2[C@H]1c1ccc(OCC(=O)Nc2ccc(OCC)cc2)c(OCC)c1. The number of benzene rings is 2. The van der Waals surface area contributed by atoms with Gasteiger partial charge < -0.3 is 29.2 Å². The van der Waals surface area contributed by atoms with Gasteiger partial charge in [0.1, 0.15) is 5.75 Å². The summed E-state index contributed by atoms with van der Waals surface area (Å²) >= 11 is 1.49. The first-order valence-corrected chi connectivity index (χ1v) is 13.3. The van der Waals surface area contributed by atoms with E-state index in [1.54, 1.807) is 37.3 Å². The Balaban J connectivity index is 1.53. The van der Waals surface area contributed by atoms with Gasteiger partial charge in [0.2, 0.25) is 0 Å². The third kappa shape index (κ3) is 6.13. The lowest BCUT2D eigenvalue weighted by Crippen LogP contribution is -2.34. The van der Waals surface area contributed by atoms with Gasteiger partial charge in [-0.2, -0.15) is 0 Å². The zero-order valence-corrected chi connectivity index (χ0v) is 22.7. The van der Waals surface area contributed by atoms with E-state index in [2.05, 4.69) is 10.3 Å². The van der Waals surface area contributed by atoms with Crippen LogP contribution >= 0.6 is 11.8 Å². The number of esters is 1. The minimum Gasteiger partial charge on any atom is -0.494 e. The Labute approximate surface area is 226 Å². The summed E-state index contributed by atoms with van der Waals surface area (Å²) < 4.78 is 22.5. The number of rotatable bonds is 11. The lowest BCUT2D eigenvalue weighted by molar-refractivity contribution is -0.139. The zero-order chi connectivity index (χ0) is 27.1. The molecule has 0 saturated heterocycles. The van der Waals surface area contributed by atoms with Crippen molar-refractivity contribution in [2.75, 3.05) is 31.7 Å². The third-order valence-electron chi connectivity index (χ3n) is 5.71. The van der Waals surface area contributed by atoms with Crippen LogP contribution in [0.4, 0.5) is 5.69 Å². The number of carbonyl (C=O) groups excluding carboxylic acids is 2. The average molecular weight is 538 g/mol. The fourth-order valence-electron chi connectivity index (χ4n) is 4.12. The highest BCUT2D eigenvalue weighted by molar-refractivity contribution is 8.16. The van der Waals surface area contributed by atoms with Crippen LogP contribution in [0.15, 0.2) is 70.3 Å². The Morgan fingerprint density at radius 2 is 1.74 bits per heavy atom. The summed E-state index contributed by atoms with van der Waals surface area (Å²) in [7, 11) is 0. The van der Waals surface area contributed by atoms with Gasteiger partial charge in [-0.25, -0.2) is 9.79 Å². The minimum atomic E-state index is -0.441. The van der Waals surface area contributed by atoms with Crippen LogP contribution in [-0.4, -0.2) is 48.4 Å². The number of hydrogen-bond acceptors (Lipinski definition) is 9. The number of ether oxygens (including phenoxy) is 4. The molecule has 2 heterocycles. The summed E-state index contributed by atoms with van der Waals surface area (Å²) in [6.07, 6.45) is 1.90. The maximum Gasteiger partial charge on any atom is 0.338 e. The smallest absolute Gasteiger partial charge is 0.338 e. The van der Waals surface area contributed by atoms with E-state index >= 15 is 0 Å². The van der Waals surface area contributed by atoms with Gasteiger partial charge in [0, 0.05) is 11.9 Å². The number of nitrogens with zero attached hydrogens (tertiary/aromatic N) is 2. The number of thioether (sulfide) groups is 1. The summed E-state index contributed by atoms with van der Waals surface area (Å²) in [5, 5.41) is 5.52. The Kier molecular flexibility index (Phi) is 8.96. The average Bonchev–Trinajstić information content (AvgIpc) is 3.37. The summed E-state index contributed by atoms with van der Waals surface area (Å²) in [5.74, 6) is 0.911. The molecular weight excluding hydrogens is 506 g/mol. The van der Waals surface area contributed by atoms with Gasteiger partial charge >= 0.3 is 5.97 Å². The van der Waals surface area contributed by atoms with Crippen LogP contribution in [0.25, 0.3) is 0 Å². The number of amides is 1. The predicted octanol–water partition coefficient (Wildman–Crippen LogP) is 5.27. The number of fused-ring (bicyclic) bond motifs is 1. The topological polar surface area (TPSA) is 98.7 Å². The summed E-state index contributed by atoms with van der Waals surface area (Å²) in [6, 6.07) is 12.1.